The summed E-state index contributed by atoms with van der Waals surface area (Å²) in [5.74, 6) is -0.712. The fraction of sp³-hybridized carbons (Fsp3) is 0.417. The topological polar surface area (TPSA) is 94.2 Å². The second kappa shape index (κ2) is 8.55. The first-order valence-corrected chi connectivity index (χ1v) is 11.4. The SMILES string of the molecule is CCc1c(F)c2ncc(CN3CCN(c4ccc(C(=O)NC)nc4)[C@@H]4CC[C@H]43)cc2[nH]c1=O. The van der Waals surface area contributed by atoms with Gasteiger partial charge in [0.05, 0.1) is 23.0 Å². The lowest BCUT2D eigenvalue weighted by Crippen LogP contribution is -2.64. The average Bonchev–Trinajstić information content (AvgIpc) is 2.79. The Morgan fingerprint density at radius 2 is 2.03 bits per heavy atom. The van der Waals surface area contributed by atoms with E-state index < -0.39 is 5.82 Å². The molecule has 0 unspecified atom stereocenters. The minimum Gasteiger partial charge on any atom is -0.364 e. The van der Waals surface area contributed by atoms with Crippen LogP contribution in [-0.2, 0) is 13.0 Å². The van der Waals surface area contributed by atoms with Crippen LogP contribution in [0, 0.1) is 5.82 Å². The number of nitrogens with one attached hydrogen (secondary N) is 2. The van der Waals surface area contributed by atoms with E-state index in [1.807, 2.05) is 12.1 Å². The van der Waals surface area contributed by atoms with Gasteiger partial charge in [0.15, 0.2) is 5.82 Å². The monoisotopic (exact) mass is 450 g/mol. The Hall–Kier alpha value is -3.33. The van der Waals surface area contributed by atoms with Gasteiger partial charge in [-0.1, -0.05) is 6.92 Å². The van der Waals surface area contributed by atoms with Crippen molar-refractivity contribution in [3.8, 4) is 0 Å². The lowest BCUT2D eigenvalue weighted by molar-refractivity contribution is 0.0658. The Labute approximate surface area is 190 Å². The van der Waals surface area contributed by atoms with Crippen LogP contribution in [-0.4, -0.2) is 58.0 Å². The maximum Gasteiger partial charge on any atom is 0.269 e. The number of aromatic nitrogens is 3. The first kappa shape index (κ1) is 21.5. The molecule has 172 valence electrons. The average molecular weight is 451 g/mol. The number of carbonyl (C=O) groups excluding carboxylic acids is 1. The van der Waals surface area contributed by atoms with E-state index in [9.17, 15) is 14.0 Å². The first-order valence-electron chi connectivity index (χ1n) is 11.4. The van der Waals surface area contributed by atoms with Crippen molar-refractivity contribution in [2.24, 2.45) is 0 Å². The van der Waals surface area contributed by atoms with Gasteiger partial charge in [0, 0.05) is 45.0 Å². The van der Waals surface area contributed by atoms with Crippen LogP contribution in [0.3, 0.4) is 0 Å². The summed E-state index contributed by atoms with van der Waals surface area (Å²) < 4.78 is 14.6. The smallest absolute Gasteiger partial charge is 0.269 e. The molecule has 5 rings (SSSR count). The Bertz CT molecular complexity index is 1260. The summed E-state index contributed by atoms with van der Waals surface area (Å²) in [6, 6.07) is 6.37. The van der Waals surface area contributed by atoms with Crippen LogP contribution in [0.1, 0.15) is 41.4 Å². The largest absolute Gasteiger partial charge is 0.364 e. The Morgan fingerprint density at radius 1 is 1.21 bits per heavy atom. The molecule has 2 N–H and O–H groups in total. The zero-order chi connectivity index (χ0) is 23.1. The summed E-state index contributed by atoms with van der Waals surface area (Å²) in [4.78, 5) is 40.2. The number of pyridine rings is 3. The van der Waals surface area contributed by atoms with Crippen molar-refractivity contribution in [3.63, 3.8) is 0 Å². The molecule has 8 nitrogen and oxygen atoms in total. The quantitative estimate of drug-likeness (QED) is 0.619. The molecule has 1 aliphatic heterocycles. The molecular weight excluding hydrogens is 423 g/mol. The van der Waals surface area contributed by atoms with E-state index in [1.54, 1.807) is 32.4 Å². The minimum atomic E-state index is -0.522. The molecule has 9 heteroatoms. The number of H-pyrrole nitrogens is 1. The van der Waals surface area contributed by atoms with Crippen molar-refractivity contribution >= 4 is 22.6 Å². The number of halogens is 1. The number of hydrogen-bond acceptors (Lipinski definition) is 6. The fourth-order valence-electron chi connectivity index (χ4n) is 5.01. The van der Waals surface area contributed by atoms with Gasteiger partial charge in [-0.3, -0.25) is 19.5 Å². The molecule has 3 aromatic rings. The predicted octanol–water partition coefficient (Wildman–Crippen LogP) is 2.23. The van der Waals surface area contributed by atoms with E-state index in [1.165, 1.54) is 0 Å². The van der Waals surface area contributed by atoms with Gasteiger partial charge in [-0.25, -0.2) is 9.37 Å². The number of hydrogen-bond donors (Lipinski definition) is 2. The number of aromatic amines is 1. The van der Waals surface area contributed by atoms with Gasteiger partial charge in [0.25, 0.3) is 11.5 Å². The van der Waals surface area contributed by atoms with Crippen LogP contribution in [0.2, 0.25) is 0 Å². The molecule has 0 aromatic carbocycles. The normalized spacial score (nSPS) is 20.4. The van der Waals surface area contributed by atoms with Crippen LogP contribution in [0.15, 0.2) is 35.4 Å². The molecule has 0 bridgehead atoms. The maximum absolute atomic E-state index is 14.6. The molecular formula is C24H27FN6O2. The highest BCUT2D eigenvalue weighted by molar-refractivity contribution is 5.92. The van der Waals surface area contributed by atoms with Crippen molar-refractivity contribution < 1.29 is 9.18 Å². The third-order valence-corrected chi connectivity index (χ3v) is 6.92. The second-order valence-corrected chi connectivity index (χ2v) is 8.70. The third-order valence-electron chi connectivity index (χ3n) is 6.92. The summed E-state index contributed by atoms with van der Waals surface area (Å²) in [6.45, 7) is 4.18. The number of nitrogens with zero attached hydrogens (tertiary/aromatic N) is 4. The molecule has 3 aromatic heterocycles. The number of fused-ring (bicyclic) bond motifs is 2. The molecule has 0 spiro atoms. The number of amides is 1. The number of rotatable bonds is 5. The van der Waals surface area contributed by atoms with E-state index in [2.05, 4.69) is 30.1 Å². The van der Waals surface area contributed by atoms with Crippen LogP contribution in [0.5, 0.6) is 0 Å². The highest BCUT2D eigenvalue weighted by Crippen LogP contribution is 2.37. The van der Waals surface area contributed by atoms with Crippen LogP contribution in [0.4, 0.5) is 10.1 Å². The standard InChI is InChI=1S/C24H27FN6O2/c1-3-16-21(25)22-18(29-23(16)32)10-14(11-28-22)13-30-8-9-31(20-7-6-19(20)30)15-4-5-17(27-12-15)24(33)26-2/h4-5,10-12,19-20H,3,6-9,13H2,1-2H3,(H,26,33)(H,29,32)/t19-,20-/m1/s1. The second-order valence-electron chi connectivity index (χ2n) is 8.70. The summed E-state index contributed by atoms with van der Waals surface area (Å²) in [7, 11) is 1.59. The summed E-state index contributed by atoms with van der Waals surface area (Å²) >= 11 is 0. The lowest BCUT2D eigenvalue weighted by atomic mass is 9.81. The van der Waals surface area contributed by atoms with Crippen molar-refractivity contribution in [2.75, 3.05) is 25.0 Å². The molecule has 2 fully saturated rings. The summed E-state index contributed by atoms with van der Waals surface area (Å²) in [5.41, 5.74) is 2.82. The Kier molecular flexibility index (Phi) is 5.57. The van der Waals surface area contributed by atoms with Gasteiger partial charge in [-0.2, -0.15) is 0 Å². The van der Waals surface area contributed by atoms with Crippen LogP contribution < -0.4 is 15.8 Å². The fourth-order valence-corrected chi connectivity index (χ4v) is 5.01. The van der Waals surface area contributed by atoms with Gasteiger partial charge in [-0.05, 0) is 43.0 Å². The Morgan fingerprint density at radius 3 is 2.70 bits per heavy atom. The molecule has 4 heterocycles. The summed E-state index contributed by atoms with van der Waals surface area (Å²) in [6.07, 6.45) is 6.03. The zero-order valence-corrected chi connectivity index (χ0v) is 18.8. The van der Waals surface area contributed by atoms with Gasteiger partial charge in [-0.15, -0.1) is 0 Å². The van der Waals surface area contributed by atoms with Crippen molar-refractivity contribution in [1.29, 1.82) is 0 Å². The van der Waals surface area contributed by atoms with E-state index >= 15 is 0 Å². The van der Waals surface area contributed by atoms with Gasteiger partial charge in [0.1, 0.15) is 11.2 Å². The van der Waals surface area contributed by atoms with Crippen molar-refractivity contribution in [3.05, 3.63) is 63.6 Å². The van der Waals surface area contributed by atoms with Gasteiger partial charge >= 0.3 is 0 Å². The number of anilines is 1. The van der Waals surface area contributed by atoms with Gasteiger partial charge in [0.2, 0.25) is 0 Å². The summed E-state index contributed by atoms with van der Waals surface area (Å²) in [5, 5.41) is 2.59. The van der Waals surface area contributed by atoms with E-state index in [-0.39, 0.29) is 22.5 Å². The lowest BCUT2D eigenvalue weighted by Gasteiger charge is -2.54. The molecule has 33 heavy (non-hydrogen) atoms. The van der Waals surface area contributed by atoms with E-state index in [4.69, 9.17) is 0 Å². The van der Waals surface area contributed by atoms with Crippen LogP contribution >= 0.6 is 0 Å². The Balaban J connectivity index is 1.32. The van der Waals surface area contributed by atoms with Gasteiger partial charge < -0.3 is 15.2 Å². The molecule has 2 aliphatic rings. The molecule has 1 aliphatic carbocycles. The van der Waals surface area contributed by atoms with Crippen molar-refractivity contribution in [1.82, 2.24) is 25.2 Å². The zero-order valence-electron chi connectivity index (χ0n) is 18.8. The predicted molar refractivity (Wildman–Crippen MR) is 124 cm³/mol. The highest BCUT2D eigenvalue weighted by Gasteiger charge is 2.43. The van der Waals surface area contributed by atoms with Crippen molar-refractivity contribution in [2.45, 2.75) is 44.8 Å². The molecule has 0 radical (unpaired) electrons. The third kappa shape index (κ3) is 3.76. The molecule has 1 saturated heterocycles. The molecule has 1 saturated carbocycles. The maximum atomic E-state index is 14.6. The van der Waals surface area contributed by atoms with E-state index in [0.29, 0.717) is 36.3 Å². The molecule has 2 atom stereocenters. The highest BCUT2D eigenvalue weighted by atomic mass is 19.1. The first-order chi connectivity index (χ1) is 16.0. The van der Waals surface area contributed by atoms with Crippen LogP contribution in [0.25, 0.3) is 11.0 Å². The molecule has 1 amide bonds. The van der Waals surface area contributed by atoms with E-state index in [0.717, 1.165) is 37.2 Å². The number of carbonyl (C=O) groups is 1. The number of piperazine rings is 1. The minimum absolute atomic E-state index is 0.147.